The summed E-state index contributed by atoms with van der Waals surface area (Å²) in [6.07, 6.45) is 0. The van der Waals surface area contributed by atoms with Crippen molar-refractivity contribution in [1.82, 2.24) is 0 Å². The average molecular weight is 216 g/mol. The van der Waals surface area contributed by atoms with Crippen LogP contribution in [0.5, 0.6) is 0 Å². The summed E-state index contributed by atoms with van der Waals surface area (Å²) in [6, 6.07) is 0. The molecule has 0 spiro atoms. The van der Waals surface area contributed by atoms with Crippen LogP contribution in [0.4, 0.5) is 12.6 Å². The van der Waals surface area contributed by atoms with Gasteiger partial charge in [0.2, 0.25) is 0 Å². The van der Waals surface area contributed by atoms with E-state index >= 15 is 0 Å². The molecule has 0 unspecified atom stereocenters. The van der Waals surface area contributed by atoms with Crippen molar-refractivity contribution in [3.8, 4) is 0 Å². The van der Waals surface area contributed by atoms with Gasteiger partial charge >= 0.3 is 40.5 Å². The van der Waals surface area contributed by atoms with Crippen LogP contribution < -0.4 is 0 Å². The second-order valence-electron chi connectivity index (χ2n) is 0.429. The predicted octanol–water partition coefficient (Wildman–Crippen LogP) is 2.74. The maximum atomic E-state index is 10.5. The van der Waals surface area contributed by atoms with E-state index in [2.05, 4.69) is 0 Å². The molecule has 0 saturated carbocycles. The Morgan fingerprint density at radius 1 is 1.20 bits per heavy atom. The third-order valence-corrected chi connectivity index (χ3v) is 0. The van der Waals surface area contributed by atoms with E-state index in [4.69, 9.17) is 0 Å². The molecule has 0 saturated heterocycles. The second kappa shape index (κ2) is 1.60. The van der Waals surface area contributed by atoms with E-state index in [1.807, 2.05) is 0 Å². The molecule has 5 heavy (non-hydrogen) atoms. The van der Waals surface area contributed by atoms with Crippen molar-refractivity contribution in [2.24, 2.45) is 0 Å². The first-order valence-corrected chi connectivity index (χ1v) is 5.50. The van der Waals surface area contributed by atoms with Crippen LogP contribution in [-0.2, 0) is 0 Å². The molecule has 0 heterocycles. The molecular weight excluding hydrogens is 215 g/mol. The Balaban J connectivity index is 3.02. The van der Waals surface area contributed by atoms with Gasteiger partial charge in [-0.15, -0.1) is 0 Å². The Labute approximate surface area is 40.9 Å². The summed E-state index contributed by atoms with van der Waals surface area (Å²) in [5.41, 5.74) is 0. The van der Waals surface area contributed by atoms with Gasteiger partial charge in [-0.1, -0.05) is 0 Å². The number of hydrogen-bond donors (Lipinski definition) is 0. The van der Waals surface area contributed by atoms with Gasteiger partial charge in [-0.3, -0.25) is 0 Å². The molecule has 0 bridgehead atoms. The van der Waals surface area contributed by atoms with E-state index in [0.717, 1.165) is 0 Å². The molecule has 0 atom stereocenters. The van der Waals surface area contributed by atoms with Gasteiger partial charge in [0.15, 0.2) is 0 Å². The molecule has 0 fully saturated rings. The second-order valence-corrected chi connectivity index (χ2v) is 4.96. The van der Waals surface area contributed by atoms with Crippen molar-refractivity contribution >= 4 is 27.9 Å². The Kier molecular flexibility index (Phi) is 1.90. The first-order valence-electron chi connectivity index (χ1n) is 0.756. The zero-order valence-corrected chi connectivity index (χ0v) is 5.17. The fraction of sp³-hybridized carbons (Fsp3) is 0. The molecule has 34 valence electrons. The quantitative estimate of drug-likeness (QED) is 0.431. The van der Waals surface area contributed by atoms with E-state index in [9.17, 15) is 12.6 Å². The zero-order valence-electron chi connectivity index (χ0n) is 2.01. The zero-order chi connectivity index (χ0) is 4.50. The van der Waals surface area contributed by atoms with Crippen molar-refractivity contribution in [3.63, 3.8) is 0 Å². The van der Waals surface area contributed by atoms with Gasteiger partial charge in [-0.05, 0) is 0 Å². The molecule has 5 heteroatoms. The summed E-state index contributed by atoms with van der Waals surface area (Å²) in [5, 5.41) is 0. The van der Waals surface area contributed by atoms with Crippen LogP contribution in [0, 0.1) is 0 Å². The van der Waals surface area contributed by atoms with E-state index in [1.165, 1.54) is 0 Å². The van der Waals surface area contributed by atoms with Crippen LogP contribution in [0.2, 0.25) is 0 Å². The van der Waals surface area contributed by atoms with Gasteiger partial charge in [0.25, 0.3) is 0 Å². The summed E-state index contributed by atoms with van der Waals surface area (Å²) in [7, 11) is 0. The molecule has 0 aromatic rings. The van der Waals surface area contributed by atoms with Crippen molar-refractivity contribution in [3.05, 3.63) is 0 Å². The number of rotatable bonds is 0. The molecule has 0 amide bonds. The van der Waals surface area contributed by atoms with Crippen molar-refractivity contribution in [2.45, 2.75) is 0 Å². The summed E-state index contributed by atoms with van der Waals surface area (Å²) >= 11 is 0.516. The normalized spacial score (nSPS) is 15.2. The summed E-state index contributed by atoms with van der Waals surface area (Å²) in [5.74, 6) is -5.14. The first kappa shape index (κ1) is 5.95. The van der Waals surface area contributed by atoms with Gasteiger partial charge in [0.05, 0.1) is 0 Å². The topological polar surface area (TPSA) is 0 Å². The van der Waals surface area contributed by atoms with Gasteiger partial charge in [0, 0.05) is 0 Å². The van der Waals surface area contributed by atoms with Gasteiger partial charge < -0.3 is 0 Å². The van der Waals surface area contributed by atoms with Crippen LogP contribution >= 0.6 is 27.9 Å². The van der Waals surface area contributed by atoms with Crippen LogP contribution in [0.15, 0.2) is 0 Å². The average Bonchev–Trinajstić information content (AvgIpc) is 0.722. The monoisotopic (exact) mass is 216 g/mol. The van der Waals surface area contributed by atoms with Crippen LogP contribution in [-0.4, -0.2) is 0 Å². The summed E-state index contributed by atoms with van der Waals surface area (Å²) in [6.45, 7) is 0. The summed E-state index contributed by atoms with van der Waals surface area (Å²) < 4.78 is 31.4. The molecule has 0 aliphatic rings. The Morgan fingerprint density at radius 3 is 1.20 bits per heavy atom. The minimum atomic E-state index is -5.14. The van der Waals surface area contributed by atoms with Crippen molar-refractivity contribution < 1.29 is 12.6 Å². The summed E-state index contributed by atoms with van der Waals surface area (Å²) in [4.78, 5) is 0. The SMILES string of the molecule is F[PH](F)(F)I. The third-order valence-electron chi connectivity index (χ3n) is 0. The predicted molar refractivity (Wildman–Crippen MR) is 25.7 cm³/mol. The Hall–Kier alpha value is 0.950. The minimum absolute atomic E-state index is 0.516. The molecule has 0 N–H and O–H groups in total. The van der Waals surface area contributed by atoms with Crippen molar-refractivity contribution in [1.29, 1.82) is 0 Å². The standard InChI is InChI=1S/F3HIP/c1-5(2,3)4/h5H. The molecule has 0 rings (SSSR count). The number of hydrogen-bond acceptors (Lipinski definition) is 0. The van der Waals surface area contributed by atoms with Gasteiger partial charge in [-0.25, -0.2) is 0 Å². The Bertz CT molecular complexity index is 22.4. The Morgan fingerprint density at radius 2 is 1.20 bits per heavy atom. The third kappa shape index (κ3) is 47.7. The maximum absolute atomic E-state index is 10.5. The van der Waals surface area contributed by atoms with Gasteiger partial charge in [0.1, 0.15) is 0 Å². The molecule has 0 aromatic heterocycles. The molecule has 0 aliphatic carbocycles. The van der Waals surface area contributed by atoms with E-state index in [1.54, 1.807) is 0 Å². The molecular formula is HF3IP. The van der Waals surface area contributed by atoms with E-state index in [0.29, 0.717) is 22.0 Å². The van der Waals surface area contributed by atoms with Crippen LogP contribution in [0.1, 0.15) is 0 Å². The van der Waals surface area contributed by atoms with E-state index < -0.39 is 5.84 Å². The van der Waals surface area contributed by atoms with E-state index in [-0.39, 0.29) is 0 Å². The molecule has 0 aromatic carbocycles. The molecule has 0 nitrogen and oxygen atoms in total. The molecule has 0 aliphatic heterocycles. The number of halogens is 4. The van der Waals surface area contributed by atoms with Crippen molar-refractivity contribution in [2.75, 3.05) is 0 Å². The fourth-order valence-electron chi connectivity index (χ4n) is 0. The molecule has 0 radical (unpaired) electrons. The first-order chi connectivity index (χ1) is 2.00. The van der Waals surface area contributed by atoms with Gasteiger partial charge in [-0.2, -0.15) is 0 Å². The van der Waals surface area contributed by atoms with Crippen LogP contribution in [0.3, 0.4) is 0 Å². The van der Waals surface area contributed by atoms with Crippen LogP contribution in [0.25, 0.3) is 0 Å². The fourth-order valence-corrected chi connectivity index (χ4v) is 0.